The van der Waals surface area contributed by atoms with Crippen LogP contribution in [0.4, 0.5) is 24.7 Å². The molecule has 0 bridgehead atoms. The van der Waals surface area contributed by atoms with Crippen molar-refractivity contribution in [2.24, 2.45) is 0 Å². The first kappa shape index (κ1) is 18.4. The quantitative estimate of drug-likeness (QED) is 0.667. The fourth-order valence-corrected chi connectivity index (χ4v) is 2.29. The number of hydrogen-bond acceptors (Lipinski definition) is 4. The topological polar surface area (TPSA) is 66.9 Å². The van der Waals surface area contributed by atoms with Gasteiger partial charge in [0.05, 0.1) is 5.69 Å². The van der Waals surface area contributed by atoms with Crippen LogP contribution in [0.15, 0.2) is 48.8 Å². The first-order valence-corrected chi connectivity index (χ1v) is 8.00. The Morgan fingerprint density at radius 1 is 1.00 bits per heavy atom. The van der Waals surface area contributed by atoms with Crippen molar-refractivity contribution in [1.82, 2.24) is 15.3 Å². The summed E-state index contributed by atoms with van der Waals surface area (Å²) < 4.78 is 40.0. The molecule has 0 atom stereocenters. The summed E-state index contributed by atoms with van der Waals surface area (Å²) >= 11 is 0. The lowest BCUT2D eigenvalue weighted by Gasteiger charge is -2.09. The van der Waals surface area contributed by atoms with E-state index in [1.807, 2.05) is 31.2 Å². The molecule has 0 aliphatic rings. The Balaban J connectivity index is 1.70. The Morgan fingerprint density at radius 2 is 1.74 bits per heavy atom. The van der Waals surface area contributed by atoms with Gasteiger partial charge in [0, 0.05) is 12.6 Å². The van der Waals surface area contributed by atoms with Gasteiger partial charge in [-0.25, -0.2) is 23.1 Å². The third kappa shape index (κ3) is 4.41. The average molecular weight is 372 g/mol. The molecule has 138 valence electrons. The molecule has 0 fully saturated rings. The van der Waals surface area contributed by atoms with Crippen LogP contribution >= 0.6 is 0 Å². The van der Waals surface area contributed by atoms with Crippen LogP contribution in [0.3, 0.4) is 0 Å². The van der Waals surface area contributed by atoms with Crippen molar-refractivity contribution in [2.45, 2.75) is 13.5 Å². The zero-order valence-corrected chi connectivity index (χ0v) is 14.3. The second-order valence-corrected chi connectivity index (χ2v) is 5.80. The standard InChI is InChI=1S/C19H15F3N4O/c1-11-2-4-12(5-3-11)9-23-19(27)15-8-16(25-10-24-15)26-14-7-6-13(20)17(21)18(14)22/h2-8,10H,9H2,1H3,(H,23,27)(H,24,25,26). The summed E-state index contributed by atoms with van der Waals surface area (Å²) in [6.07, 6.45) is 1.11. The molecule has 0 saturated carbocycles. The predicted molar refractivity (Wildman–Crippen MR) is 94.0 cm³/mol. The molecule has 0 radical (unpaired) electrons. The molecule has 27 heavy (non-hydrogen) atoms. The van der Waals surface area contributed by atoms with Gasteiger partial charge in [-0.15, -0.1) is 0 Å². The van der Waals surface area contributed by atoms with Gasteiger partial charge in [-0.1, -0.05) is 29.8 Å². The fourth-order valence-electron chi connectivity index (χ4n) is 2.29. The molecule has 1 aromatic heterocycles. The maximum Gasteiger partial charge on any atom is 0.270 e. The van der Waals surface area contributed by atoms with Crippen molar-refractivity contribution in [1.29, 1.82) is 0 Å². The minimum absolute atomic E-state index is 0.0441. The highest BCUT2D eigenvalue weighted by Crippen LogP contribution is 2.22. The number of carbonyl (C=O) groups excluding carboxylic acids is 1. The van der Waals surface area contributed by atoms with E-state index in [2.05, 4.69) is 20.6 Å². The molecule has 3 rings (SSSR count). The maximum atomic E-state index is 13.7. The van der Waals surface area contributed by atoms with Gasteiger partial charge in [-0.3, -0.25) is 4.79 Å². The Morgan fingerprint density at radius 3 is 2.48 bits per heavy atom. The van der Waals surface area contributed by atoms with E-state index in [-0.39, 0.29) is 17.2 Å². The molecule has 1 heterocycles. The van der Waals surface area contributed by atoms with E-state index in [0.29, 0.717) is 6.54 Å². The number of nitrogens with zero attached hydrogens (tertiary/aromatic N) is 2. The number of benzene rings is 2. The highest BCUT2D eigenvalue weighted by atomic mass is 19.2. The first-order valence-electron chi connectivity index (χ1n) is 8.00. The zero-order valence-electron chi connectivity index (χ0n) is 14.3. The average Bonchev–Trinajstić information content (AvgIpc) is 2.68. The van der Waals surface area contributed by atoms with Crippen LogP contribution in [-0.4, -0.2) is 15.9 Å². The molecule has 3 aromatic rings. The third-order valence-corrected chi connectivity index (χ3v) is 3.77. The Labute approximate surface area is 153 Å². The van der Waals surface area contributed by atoms with Crippen LogP contribution in [0, 0.1) is 24.4 Å². The van der Waals surface area contributed by atoms with Crippen LogP contribution < -0.4 is 10.6 Å². The number of hydrogen-bond donors (Lipinski definition) is 2. The van der Waals surface area contributed by atoms with Crippen molar-refractivity contribution in [3.63, 3.8) is 0 Å². The summed E-state index contributed by atoms with van der Waals surface area (Å²) in [5.41, 5.74) is 1.77. The third-order valence-electron chi connectivity index (χ3n) is 3.77. The number of nitrogens with one attached hydrogen (secondary N) is 2. The van der Waals surface area contributed by atoms with Crippen molar-refractivity contribution < 1.29 is 18.0 Å². The van der Waals surface area contributed by atoms with Crippen LogP contribution in [0.2, 0.25) is 0 Å². The van der Waals surface area contributed by atoms with Gasteiger partial charge in [0.2, 0.25) is 0 Å². The van der Waals surface area contributed by atoms with Crippen molar-refractivity contribution >= 4 is 17.4 Å². The van der Waals surface area contributed by atoms with Gasteiger partial charge >= 0.3 is 0 Å². The number of carbonyl (C=O) groups is 1. The molecule has 5 nitrogen and oxygen atoms in total. The minimum Gasteiger partial charge on any atom is -0.347 e. The first-order chi connectivity index (χ1) is 12.9. The lowest BCUT2D eigenvalue weighted by atomic mass is 10.1. The molecule has 1 amide bonds. The van der Waals surface area contributed by atoms with Gasteiger partial charge in [0.1, 0.15) is 17.8 Å². The van der Waals surface area contributed by atoms with E-state index in [1.54, 1.807) is 0 Å². The Hall–Kier alpha value is -3.42. The van der Waals surface area contributed by atoms with Crippen LogP contribution in [0.5, 0.6) is 0 Å². The van der Waals surface area contributed by atoms with Crippen LogP contribution in [0.25, 0.3) is 0 Å². The highest BCUT2D eigenvalue weighted by Gasteiger charge is 2.15. The van der Waals surface area contributed by atoms with Gasteiger partial charge in [0.15, 0.2) is 17.5 Å². The fraction of sp³-hybridized carbons (Fsp3) is 0.105. The number of amides is 1. The number of aromatic nitrogens is 2. The van der Waals surface area contributed by atoms with Gasteiger partial charge in [-0.05, 0) is 24.6 Å². The molecule has 2 aromatic carbocycles. The second kappa shape index (κ2) is 7.86. The van der Waals surface area contributed by atoms with E-state index >= 15 is 0 Å². The molecule has 0 saturated heterocycles. The van der Waals surface area contributed by atoms with Crippen molar-refractivity contribution in [3.05, 3.63) is 83.1 Å². The molecule has 0 aliphatic carbocycles. The summed E-state index contributed by atoms with van der Waals surface area (Å²) in [7, 11) is 0. The molecule has 8 heteroatoms. The van der Waals surface area contributed by atoms with E-state index in [4.69, 9.17) is 0 Å². The van der Waals surface area contributed by atoms with Crippen molar-refractivity contribution in [2.75, 3.05) is 5.32 Å². The van der Waals surface area contributed by atoms with Gasteiger partial charge in [0.25, 0.3) is 5.91 Å². The van der Waals surface area contributed by atoms with Gasteiger partial charge in [-0.2, -0.15) is 0 Å². The highest BCUT2D eigenvalue weighted by molar-refractivity contribution is 5.92. The predicted octanol–water partition coefficient (Wildman–Crippen LogP) is 3.88. The van der Waals surface area contributed by atoms with E-state index in [1.165, 1.54) is 6.07 Å². The summed E-state index contributed by atoms with van der Waals surface area (Å²) in [5, 5.41) is 5.22. The summed E-state index contributed by atoms with van der Waals surface area (Å²) in [6, 6.07) is 10.8. The smallest absolute Gasteiger partial charge is 0.270 e. The second-order valence-electron chi connectivity index (χ2n) is 5.80. The normalized spacial score (nSPS) is 10.5. The van der Waals surface area contributed by atoms with E-state index in [0.717, 1.165) is 29.6 Å². The van der Waals surface area contributed by atoms with E-state index < -0.39 is 23.4 Å². The molecular formula is C19H15F3N4O. The maximum absolute atomic E-state index is 13.7. The minimum atomic E-state index is -1.59. The number of anilines is 2. The summed E-state index contributed by atoms with van der Waals surface area (Å²) in [5.74, 6) is -4.65. The molecular weight excluding hydrogens is 357 g/mol. The van der Waals surface area contributed by atoms with Crippen molar-refractivity contribution in [3.8, 4) is 0 Å². The number of rotatable bonds is 5. The van der Waals surface area contributed by atoms with E-state index in [9.17, 15) is 18.0 Å². The van der Waals surface area contributed by atoms with Crippen LogP contribution in [-0.2, 0) is 6.54 Å². The summed E-state index contributed by atoms with van der Waals surface area (Å²) in [4.78, 5) is 20.0. The molecule has 2 N–H and O–H groups in total. The Bertz CT molecular complexity index is 977. The number of halogens is 3. The zero-order chi connectivity index (χ0) is 19.4. The molecule has 0 aliphatic heterocycles. The SMILES string of the molecule is Cc1ccc(CNC(=O)c2cc(Nc3ccc(F)c(F)c3F)ncn2)cc1. The molecule has 0 unspecified atom stereocenters. The Kier molecular flexibility index (Phi) is 5.35. The van der Waals surface area contributed by atoms with Crippen LogP contribution in [0.1, 0.15) is 21.6 Å². The summed E-state index contributed by atoms with van der Waals surface area (Å²) in [6.45, 7) is 2.28. The van der Waals surface area contributed by atoms with Gasteiger partial charge < -0.3 is 10.6 Å². The number of aryl methyl sites for hydroxylation is 1. The largest absolute Gasteiger partial charge is 0.347 e. The lowest BCUT2D eigenvalue weighted by Crippen LogP contribution is -2.24. The monoisotopic (exact) mass is 372 g/mol. The lowest BCUT2D eigenvalue weighted by molar-refractivity contribution is 0.0946. The molecule has 0 spiro atoms.